The molecule has 2 aromatic carbocycles. The maximum absolute atomic E-state index is 12.9. The van der Waals surface area contributed by atoms with E-state index < -0.39 is 0 Å². The highest BCUT2D eigenvalue weighted by atomic mass is 35.5. The van der Waals surface area contributed by atoms with Crippen LogP contribution in [0.15, 0.2) is 48.7 Å². The van der Waals surface area contributed by atoms with Crippen LogP contribution in [0.3, 0.4) is 0 Å². The molecule has 0 saturated carbocycles. The molecule has 1 aromatic heterocycles. The lowest BCUT2D eigenvalue weighted by molar-refractivity contribution is 0.0677. The van der Waals surface area contributed by atoms with Gasteiger partial charge in [0.15, 0.2) is 11.5 Å². The Morgan fingerprint density at radius 1 is 1.21 bits per heavy atom. The maximum Gasteiger partial charge on any atom is 0.254 e. The van der Waals surface area contributed by atoms with Crippen molar-refractivity contribution in [2.45, 2.75) is 18.9 Å². The van der Waals surface area contributed by atoms with Gasteiger partial charge in [0, 0.05) is 24.0 Å². The van der Waals surface area contributed by atoms with E-state index in [9.17, 15) is 9.90 Å². The van der Waals surface area contributed by atoms with Gasteiger partial charge in [-0.05, 0) is 49.2 Å². The summed E-state index contributed by atoms with van der Waals surface area (Å²) >= 11 is 6.34. The van der Waals surface area contributed by atoms with E-state index in [1.165, 1.54) is 0 Å². The van der Waals surface area contributed by atoms with Gasteiger partial charge < -0.3 is 30.1 Å². The SMILES string of the molecule is O=C(c1cccc(Nc2nccc(Nc3c(Cl)ccc4c3OCO4)n2)c1)N1CCC[C@H]1CO. The predicted molar refractivity (Wildman–Crippen MR) is 124 cm³/mol. The molecular weight excluding hydrogens is 446 g/mol. The number of likely N-dealkylation sites (tertiary alicyclic amines) is 1. The number of nitrogens with one attached hydrogen (secondary N) is 2. The maximum atomic E-state index is 12.9. The number of benzene rings is 2. The first-order valence-electron chi connectivity index (χ1n) is 10.6. The highest BCUT2D eigenvalue weighted by Crippen LogP contribution is 2.44. The molecule has 0 aliphatic carbocycles. The average molecular weight is 468 g/mol. The Hall–Kier alpha value is -3.56. The lowest BCUT2D eigenvalue weighted by Gasteiger charge is -2.23. The smallest absolute Gasteiger partial charge is 0.254 e. The minimum absolute atomic E-state index is 0.0247. The Morgan fingerprint density at radius 2 is 2.12 bits per heavy atom. The molecule has 0 spiro atoms. The average Bonchev–Trinajstić information content (AvgIpc) is 3.50. The Kier molecular flexibility index (Phi) is 5.89. The monoisotopic (exact) mass is 467 g/mol. The topological polar surface area (TPSA) is 109 Å². The standard InChI is InChI=1S/C23H22ClN5O4/c24-17-6-7-18-21(33-13-32-18)20(17)27-19-8-9-25-23(28-19)26-15-4-1-3-14(11-15)22(31)29-10-2-5-16(29)12-30/h1,3-4,6-9,11,16,30H,2,5,10,12-13H2,(H2,25,26,27,28)/t16-/m0/s1. The fourth-order valence-electron chi connectivity index (χ4n) is 4.00. The highest BCUT2D eigenvalue weighted by Gasteiger charge is 2.28. The molecule has 9 nitrogen and oxygen atoms in total. The lowest BCUT2D eigenvalue weighted by Crippen LogP contribution is -2.37. The van der Waals surface area contributed by atoms with E-state index in [1.54, 1.807) is 47.5 Å². The summed E-state index contributed by atoms with van der Waals surface area (Å²) in [7, 11) is 0. The number of aliphatic hydroxyl groups is 1. The second kappa shape index (κ2) is 9.13. The summed E-state index contributed by atoms with van der Waals surface area (Å²) in [6.45, 7) is 0.759. The third-order valence-corrected chi connectivity index (χ3v) is 5.93. The van der Waals surface area contributed by atoms with Gasteiger partial charge in [-0.2, -0.15) is 4.98 Å². The molecule has 2 aliphatic rings. The summed E-state index contributed by atoms with van der Waals surface area (Å²) in [6.07, 6.45) is 3.32. The minimum atomic E-state index is -0.124. The number of hydrogen-bond donors (Lipinski definition) is 3. The molecular formula is C23H22ClN5O4. The van der Waals surface area contributed by atoms with E-state index in [0.29, 0.717) is 51.8 Å². The van der Waals surface area contributed by atoms with Gasteiger partial charge >= 0.3 is 0 Å². The van der Waals surface area contributed by atoms with Crippen molar-refractivity contribution in [2.75, 3.05) is 30.6 Å². The number of carbonyl (C=O) groups excluding carboxylic acids is 1. The van der Waals surface area contributed by atoms with Crippen molar-refractivity contribution < 1.29 is 19.4 Å². The number of aliphatic hydroxyl groups excluding tert-OH is 1. The van der Waals surface area contributed by atoms with Crippen LogP contribution in [0.4, 0.5) is 23.1 Å². The zero-order valence-electron chi connectivity index (χ0n) is 17.6. The van der Waals surface area contributed by atoms with Crippen LogP contribution in [0.2, 0.25) is 5.02 Å². The zero-order chi connectivity index (χ0) is 22.8. The fraction of sp³-hybridized carbons (Fsp3) is 0.261. The molecule has 3 aromatic rings. The minimum Gasteiger partial charge on any atom is -0.454 e. The number of hydrogen-bond acceptors (Lipinski definition) is 8. The zero-order valence-corrected chi connectivity index (χ0v) is 18.4. The van der Waals surface area contributed by atoms with Crippen LogP contribution in [0.1, 0.15) is 23.2 Å². The first-order valence-corrected chi connectivity index (χ1v) is 11.0. The molecule has 1 amide bonds. The van der Waals surface area contributed by atoms with E-state index in [0.717, 1.165) is 12.8 Å². The molecule has 10 heteroatoms. The number of amides is 1. The molecule has 0 bridgehead atoms. The van der Waals surface area contributed by atoms with Crippen LogP contribution in [0.25, 0.3) is 0 Å². The molecule has 3 N–H and O–H groups in total. The largest absolute Gasteiger partial charge is 0.454 e. The number of nitrogens with zero attached hydrogens (tertiary/aromatic N) is 3. The van der Waals surface area contributed by atoms with E-state index in [2.05, 4.69) is 20.6 Å². The van der Waals surface area contributed by atoms with Gasteiger partial charge in [-0.1, -0.05) is 17.7 Å². The van der Waals surface area contributed by atoms with Crippen LogP contribution in [-0.4, -0.2) is 51.9 Å². The van der Waals surface area contributed by atoms with Gasteiger partial charge in [-0.15, -0.1) is 0 Å². The second-order valence-electron chi connectivity index (χ2n) is 7.73. The number of halogens is 1. The number of fused-ring (bicyclic) bond motifs is 1. The number of anilines is 4. The molecule has 1 saturated heterocycles. The normalized spacial score (nSPS) is 16.7. The molecule has 0 radical (unpaired) electrons. The lowest BCUT2D eigenvalue weighted by atomic mass is 10.1. The van der Waals surface area contributed by atoms with Crippen molar-refractivity contribution in [3.8, 4) is 11.5 Å². The Morgan fingerprint density at radius 3 is 3.00 bits per heavy atom. The third kappa shape index (κ3) is 4.37. The molecule has 1 fully saturated rings. The molecule has 0 unspecified atom stereocenters. The fourth-order valence-corrected chi connectivity index (χ4v) is 4.20. The van der Waals surface area contributed by atoms with Crippen LogP contribution in [0.5, 0.6) is 11.5 Å². The second-order valence-corrected chi connectivity index (χ2v) is 8.14. The van der Waals surface area contributed by atoms with Crippen molar-refractivity contribution in [1.82, 2.24) is 14.9 Å². The third-order valence-electron chi connectivity index (χ3n) is 5.61. The van der Waals surface area contributed by atoms with Gasteiger partial charge in [-0.25, -0.2) is 4.98 Å². The first-order chi connectivity index (χ1) is 16.1. The van der Waals surface area contributed by atoms with Gasteiger partial charge in [0.1, 0.15) is 11.5 Å². The molecule has 33 heavy (non-hydrogen) atoms. The summed E-state index contributed by atoms with van der Waals surface area (Å²) in [5.74, 6) is 1.90. The van der Waals surface area contributed by atoms with Crippen molar-refractivity contribution in [2.24, 2.45) is 0 Å². The summed E-state index contributed by atoms with van der Waals surface area (Å²) < 4.78 is 10.9. The van der Waals surface area contributed by atoms with Gasteiger partial charge in [0.05, 0.1) is 17.7 Å². The van der Waals surface area contributed by atoms with Crippen molar-refractivity contribution in [1.29, 1.82) is 0 Å². The van der Waals surface area contributed by atoms with Crippen LogP contribution in [-0.2, 0) is 0 Å². The van der Waals surface area contributed by atoms with E-state index >= 15 is 0 Å². The van der Waals surface area contributed by atoms with Crippen LogP contribution in [0, 0.1) is 0 Å². The Bertz CT molecular complexity index is 1190. The Labute approximate surface area is 195 Å². The Balaban J connectivity index is 1.33. The number of carbonyl (C=O) groups is 1. The number of aromatic nitrogens is 2. The summed E-state index contributed by atoms with van der Waals surface area (Å²) in [5.41, 5.74) is 1.78. The molecule has 3 heterocycles. The molecule has 2 aliphatic heterocycles. The molecule has 1 atom stereocenters. The van der Waals surface area contributed by atoms with E-state index in [1.807, 2.05) is 6.07 Å². The summed E-state index contributed by atoms with van der Waals surface area (Å²) in [6, 6.07) is 12.2. The summed E-state index contributed by atoms with van der Waals surface area (Å²) in [4.78, 5) is 23.4. The van der Waals surface area contributed by atoms with Gasteiger partial charge in [0.25, 0.3) is 5.91 Å². The van der Waals surface area contributed by atoms with Crippen LogP contribution >= 0.6 is 11.6 Å². The number of rotatable bonds is 6. The van der Waals surface area contributed by atoms with Crippen molar-refractivity contribution >= 4 is 40.6 Å². The predicted octanol–water partition coefficient (Wildman–Crippen LogP) is 3.94. The quantitative estimate of drug-likeness (QED) is 0.500. The van der Waals surface area contributed by atoms with Gasteiger partial charge in [0.2, 0.25) is 12.7 Å². The first kappa shape index (κ1) is 21.3. The molecule has 5 rings (SSSR count). The van der Waals surface area contributed by atoms with E-state index in [4.69, 9.17) is 21.1 Å². The van der Waals surface area contributed by atoms with Crippen molar-refractivity contribution in [3.05, 3.63) is 59.2 Å². The summed E-state index contributed by atoms with van der Waals surface area (Å²) in [5, 5.41) is 16.3. The van der Waals surface area contributed by atoms with E-state index in [-0.39, 0.29) is 25.3 Å². The number of ether oxygens (including phenoxy) is 2. The van der Waals surface area contributed by atoms with Gasteiger partial charge in [-0.3, -0.25) is 4.79 Å². The van der Waals surface area contributed by atoms with Crippen molar-refractivity contribution in [3.63, 3.8) is 0 Å². The molecule has 170 valence electrons. The highest BCUT2D eigenvalue weighted by molar-refractivity contribution is 6.33. The van der Waals surface area contributed by atoms with Crippen LogP contribution < -0.4 is 20.1 Å².